The summed E-state index contributed by atoms with van der Waals surface area (Å²) in [6, 6.07) is 1.86. The molecule has 1 saturated carbocycles. The van der Waals surface area contributed by atoms with Gasteiger partial charge in [0.1, 0.15) is 11.1 Å². The zero-order valence-corrected chi connectivity index (χ0v) is 11.8. The summed E-state index contributed by atoms with van der Waals surface area (Å²) in [6.45, 7) is 0.519. The standard InChI is InChI=1S/C13H12N4O3S/c18-10(11-17-8-5-14-2-1-9(8)21-11)16-7-3-13(4-7)6-15-12(19)20-13/h1-2,5,7H,3-4,6H2,(H,15,19)(H,16,18). The molecule has 0 atom stereocenters. The largest absolute Gasteiger partial charge is 0.441 e. The fourth-order valence-electron chi connectivity index (χ4n) is 2.79. The number of amides is 2. The third kappa shape index (κ3) is 2.11. The predicted molar refractivity (Wildman–Crippen MR) is 75.1 cm³/mol. The molecule has 1 aliphatic heterocycles. The average Bonchev–Trinajstić information content (AvgIpc) is 3.02. The second-order valence-corrected chi connectivity index (χ2v) is 6.40. The number of pyridine rings is 1. The Kier molecular flexibility index (Phi) is 2.61. The Labute approximate surface area is 123 Å². The zero-order valence-electron chi connectivity index (χ0n) is 11.0. The minimum Gasteiger partial charge on any atom is -0.441 e. The van der Waals surface area contributed by atoms with Gasteiger partial charge in [-0.25, -0.2) is 9.78 Å². The van der Waals surface area contributed by atoms with Crippen LogP contribution in [0.15, 0.2) is 18.5 Å². The first kappa shape index (κ1) is 12.5. The van der Waals surface area contributed by atoms with Crippen molar-refractivity contribution in [1.82, 2.24) is 20.6 Å². The number of nitrogens with one attached hydrogen (secondary N) is 2. The van der Waals surface area contributed by atoms with Crippen molar-refractivity contribution in [2.24, 2.45) is 0 Å². The molecule has 8 heteroatoms. The Bertz CT molecular complexity index is 705. The molecule has 21 heavy (non-hydrogen) atoms. The van der Waals surface area contributed by atoms with Crippen molar-refractivity contribution in [3.63, 3.8) is 0 Å². The lowest BCUT2D eigenvalue weighted by atomic mass is 9.76. The van der Waals surface area contributed by atoms with E-state index in [2.05, 4.69) is 20.6 Å². The van der Waals surface area contributed by atoms with E-state index < -0.39 is 5.60 Å². The summed E-state index contributed by atoms with van der Waals surface area (Å²) in [6.07, 6.45) is 4.23. The van der Waals surface area contributed by atoms with Gasteiger partial charge in [-0.3, -0.25) is 9.78 Å². The zero-order chi connectivity index (χ0) is 14.4. The summed E-state index contributed by atoms with van der Waals surface area (Å²) < 4.78 is 6.17. The fraction of sp³-hybridized carbons (Fsp3) is 0.385. The van der Waals surface area contributed by atoms with E-state index in [0.29, 0.717) is 24.4 Å². The molecule has 2 aromatic rings. The lowest BCUT2D eigenvalue weighted by Crippen LogP contribution is -2.56. The molecular formula is C13H12N4O3S. The Morgan fingerprint density at radius 3 is 3.10 bits per heavy atom. The highest BCUT2D eigenvalue weighted by Gasteiger charge is 2.51. The number of hydrogen-bond donors (Lipinski definition) is 2. The summed E-state index contributed by atoms with van der Waals surface area (Å²) >= 11 is 1.35. The molecule has 0 aromatic carbocycles. The van der Waals surface area contributed by atoms with Gasteiger partial charge in [0.05, 0.1) is 17.4 Å². The summed E-state index contributed by atoms with van der Waals surface area (Å²) in [5.41, 5.74) is 0.304. The van der Waals surface area contributed by atoms with E-state index in [9.17, 15) is 9.59 Å². The fourth-order valence-corrected chi connectivity index (χ4v) is 3.63. The van der Waals surface area contributed by atoms with Crippen LogP contribution >= 0.6 is 11.3 Å². The van der Waals surface area contributed by atoms with E-state index in [1.165, 1.54) is 11.3 Å². The second kappa shape index (κ2) is 4.39. The van der Waals surface area contributed by atoms with Crippen molar-refractivity contribution in [2.75, 3.05) is 6.54 Å². The SMILES string of the molecule is O=C1NCC2(CC(NC(=O)c3nc4cnccc4s3)C2)O1. The van der Waals surface area contributed by atoms with Gasteiger partial charge in [-0.1, -0.05) is 0 Å². The van der Waals surface area contributed by atoms with Crippen molar-refractivity contribution >= 4 is 33.6 Å². The Hall–Kier alpha value is -2.22. The molecule has 0 radical (unpaired) electrons. The molecule has 7 nitrogen and oxygen atoms in total. The molecular weight excluding hydrogens is 292 g/mol. The summed E-state index contributed by atoms with van der Waals surface area (Å²) in [5, 5.41) is 6.00. The number of ether oxygens (including phenoxy) is 1. The van der Waals surface area contributed by atoms with Gasteiger partial charge in [0.2, 0.25) is 0 Å². The summed E-state index contributed by atoms with van der Waals surface area (Å²) in [7, 11) is 0. The molecule has 2 aromatic heterocycles. The highest BCUT2D eigenvalue weighted by Crippen LogP contribution is 2.38. The van der Waals surface area contributed by atoms with E-state index in [-0.39, 0.29) is 18.0 Å². The van der Waals surface area contributed by atoms with Gasteiger partial charge in [-0.15, -0.1) is 11.3 Å². The van der Waals surface area contributed by atoms with Crippen LogP contribution in [0.4, 0.5) is 4.79 Å². The number of hydrogen-bond acceptors (Lipinski definition) is 6. The van der Waals surface area contributed by atoms with E-state index >= 15 is 0 Å². The third-order valence-corrected chi connectivity index (χ3v) is 4.86. The van der Waals surface area contributed by atoms with Crippen LogP contribution in [-0.2, 0) is 4.74 Å². The maximum atomic E-state index is 12.2. The minimum absolute atomic E-state index is 0.0235. The van der Waals surface area contributed by atoms with E-state index in [1.54, 1.807) is 12.4 Å². The number of carbonyl (C=O) groups excluding carboxylic acids is 2. The summed E-state index contributed by atoms with van der Waals surface area (Å²) in [4.78, 5) is 31.5. The van der Waals surface area contributed by atoms with Crippen molar-refractivity contribution in [3.05, 3.63) is 23.5 Å². The topological polar surface area (TPSA) is 93.2 Å². The van der Waals surface area contributed by atoms with Crippen molar-refractivity contribution in [3.8, 4) is 0 Å². The quantitative estimate of drug-likeness (QED) is 0.865. The lowest BCUT2D eigenvalue weighted by molar-refractivity contribution is -0.0273. The molecule has 1 spiro atoms. The first-order valence-electron chi connectivity index (χ1n) is 6.62. The van der Waals surface area contributed by atoms with Crippen LogP contribution in [0, 0.1) is 0 Å². The maximum Gasteiger partial charge on any atom is 0.407 e. The van der Waals surface area contributed by atoms with Gasteiger partial charge in [0.25, 0.3) is 5.91 Å². The number of rotatable bonds is 2. The third-order valence-electron chi connectivity index (χ3n) is 3.82. The van der Waals surface area contributed by atoms with Gasteiger partial charge >= 0.3 is 6.09 Å². The van der Waals surface area contributed by atoms with Crippen molar-refractivity contribution < 1.29 is 14.3 Å². The average molecular weight is 304 g/mol. The normalized spacial score (nSPS) is 27.2. The highest BCUT2D eigenvalue weighted by atomic mass is 32.1. The monoisotopic (exact) mass is 304 g/mol. The van der Waals surface area contributed by atoms with Gasteiger partial charge < -0.3 is 15.4 Å². The van der Waals surface area contributed by atoms with E-state index in [0.717, 1.165) is 10.2 Å². The lowest BCUT2D eigenvalue weighted by Gasteiger charge is -2.42. The Balaban J connectivity index is 1.42. The van der Waals surface area contributed by atoms with E-state index in [4.69, 9.17) is 4.74 Å². The van der Waals surface area contributed by atoms with E-state index in [1.807, 2.05) is 6.07 Å². The first-order valence-corrected chi connectivity index (χ1v) is 7.43. The van der Waals surface area contributed by atoms with Crippen LogP contribution in [-0.4, -0.2) is 40.2 Å². The molecule has 1 saturated heterocycles. The highest BCUT2D eigenvalue weighted by molar-refractivity contribution is 7.20. The molecule has 4 rings (SSSR count). The number of alkyl carbamates (subject to hydrolysis) is 1. The van der Waals surface area contributed by atoms with Crippen LogP contribution in [0.2, 0.25) is 0 Å². The molecule has 2 fully saturated rings. The molecule has 2 aliphatic rings. The maximum absolute atomic E-state index is 12.2. The Morgan fingerprint density at radius 1 is 1.52 bits per heavy atom. The first-order chi connectivity index (χ1) is 10.1. The predicted octanol–water partition coefficient (Wildman–Crippen LogP) is 1.06. The van der Waals surface area contributed by atoms with Crippen LogP contribution in [0.25, 0.3) is 10.2 Å². The molecule has 108 valence electrons. The second-order valence-electron chi connectivity index (χ2n) is 5.37. The number of aromatic nitrogens is 2. The molecule has 1 aliphatic carbocycles. The van der Waals surface area contributed by atoms with Crippen LogP contribution in [0.5, 0.6) is 0 Å². The smallest absolute Gasteiger partial charge is 0.407 e. The van der Waals surface area contributed by atoms with Gasteiger partial charge in [-0.05, 0) is 6.07 Å². The Morgan fingerprint density at radius 2 is 2.38 bits per heavy atom. The molecule has 2 N–H and O–H groups in total. The number of nitrogens with zero attached hydrogens (tertiary/aromatic N) is 2. The molecule has 0 bridgehead atoms. The van der Waals surface area contributed by atoms with Crippen LogP contribution in [0.3, 0.4) is 0 Å². The number of thiazole rings is 1. The van der Waals surface area contributed by atoms with Crippen molar-refractivity contribution in [2.45, 2.75) is 24.5 Å². The van der Waals surface area contributed by atoms with Gasteiger partial charge in [0, 0.05) is 25.1 Å². The molecule has 2 amide bonds. The molecule has 3 heterocycles. The number of fused-ring (bicyclic) bond motifs is 1. The van der Waals surface area contributed by atoms with Crippen LogP contribution in [0.1, 0.15) is 22.6 Å². The minimum atomic E-state index is -0.424. The number of carbonyl (C=O) groups is 2. The molecule has 0 unspecified atom stereocenters. The van der Waals surface area contributed by atoms with Gasteiger partial charge in [0.15, 0.2) is 5.01 Å². The summed E-state index contributed by atoms with van der Waals surface area (Å²) in [5.74, 6) is -0.187. The van der Waals surface area contributed by atoms with Crippen LogP contribution < -0.4 is 10.6 Å². The van der Waals surface area contributed by atoms with Crippen molar-refractivity contribution in [1.29, 1.82) is 0 Å². The van der Waals surface area contributed by atoms with Gasteiger partial charge in [-0.2, -0.15) is 0 Å².